The fraction of sp³-hybridized carbons (Fsp3) is 0.333. The minimum absolute atomic E-state index is 0.0644. The largest absolute Gasteiger partial charge is 0.376 e. The Balaban J connectivity index is 2.96. The van der Waals surface area contributed by atoms with E-state index in [1.165, 1.54) is 6.07 Å². The lowest BCUT2D eigenvalue weighted by Gasteiger charge is -2.16. The molecule has 0 aromatic heterocycles. The van der Waals surface area contributed by atoms with Gasteiger partial charge in [-0.2, -0.15) is 0 Å². The third kappa shape index (κ3) is 1.74. The number of aryl methyl sites for hydroxylation is 1. The molecule has 0 heterocycles. The smallest absolute Gasteiger partial charge is 0.126 e. The topological polar surface area (TPSA) is 23.5 Å². The lowest BCUT2D eigenvalue weighted by molar-refractivity contribution is 0.298. The maximum absolute atomic E-state index is 12.8. The number of hydrogen-bond donors (Lipinski definition) is 1. The van der Waals surface area contributed by atoms with E-state index in [0.29, 0.717) is 5.56 Å². The van der Waals surface area contributed by atoms with E-state index in [0.717, 1.165) is 5.69 Å². The molecule has 0 radical (unpaired) electrons. The van der Waals surface area contributed by atoms with Gasteiger partial charge in [0.05, 0.1) is 0 Å². The number of aliphatic hydroxyl groups is 1. The summed E-state index contributed by atoms with van der Waals surface area (Å²) >= 11 is 0. The summed E-state index contributed by atoms with van der Waals surface area (Å²) in [5, 5.41) is 8.78. The van der Waals surface area contributed by atoms with Gasteiger partial charge in [0.2, 0.25) is 0 Å². The first-order valence-corrected chi connectivity index (χ1v) is 3.73. The van der Waals surface area contributed by atoms with Crippen molar-refractivity contribution >= 4 is 5.69 Å². The van der Waals surface area contributed by atoms with Crippen molar-refractivity contribution in [2.45, 2.75) is 6.92 Å². The van der Waals surface area contributed by atoms with Crippen LogP contribution in [0.3, 0.4) is 0 Å². The van der Waals surface area contributed by atoms with Gasteiger partial charge >= 0.3 is 0 Å². The fourth-order valence-electron chi connectivity index (χ4n) is 0.948. The highest BCUT2D eigenvalue weighted by Crippen LogP contribution is 2.16. The molecule has 0 spiro atoms. The summed E-state index contributed by atoms with van der Waals surface area (Å²) in [5.74, 6) is -0.218. The number of aliphatic hydroxyl groups excluding tert-OH is 1. The first-order valence-electron chi connectivity index (χ1n) is 3.73. The van der Waals surface area contributed by atoms with E-state index in [2.05, 4.69) is 0 Å². The summed E-state index contributed by atoms with van der Waals surface area (Å²) in [6.45, 7) is 1.63. The van der Waals surface area contributed by atoms with Gasteiger partial charge in [0, 0.05) is 12.7 Å². The molecule has 0 unspecified atom stereocenters. The molecule has 0 atom stereocenters. The molecule has 2 nitrogen and oxygen atoms in total. The standard InChI is InChI=1S/C9H12FNO/c1-7-5-8(11(2)6-12)3-4-9(7)10/h3-5,12H,6H2,1-2H3. The quantitative estimate of drug-likeness (QED) is 0.678. The van der Waals surface area contributed by atoms with Gasteiger partial charge in [-0.05, 0) is 30.7 Å². The van der Waals surface area contributed by atoms with Crippen LogP contribution in [0.25, 0.3) is 0 Å². The van der Waals surface area contributed by atoms with Crippen LogP contribution in [0.1, 0.15) is 5.56 Å². The normalized spacial score (nSPS) is 10.0. The Morgan fingerprint density at radius 1 is 1.50 bits per heavy atom. The number of rotatable bonds is 2. The summed E-state index contributed by atoms with van der Waals surface area (Å²) in [5.41, 5.74) is 1.41. The summed E-state index contributed by atoms with van der Waals surface area (Å²) < 4.78 is 12.8. The van der Waals surface area contributed by atoms with Crippen LogP contribution in [-0.4, -0.2) is 18.9 Å². The van der Waals surface area contributed by atoms with E-state index >= 15 is 0 Å². The summed E-state index contributed by atoms with van der Waals surface area (Å²) in [7, 11) is 1.74. The van der Waals surface area contributed by atoms with Gasteiger partial charge in [-0.3, -0.25) is 0 Å². The predicted octanol–water partition coefficient (Wildman–Crippen LogP) is 1.52. The van der Waals surface area contributed by atoms with Crippen molar-refractivity contribution in [1.82, 2.24) is 0 Å². The molecule has 0 bridgehead atoms. The van der Waals surface area contributed by atoms with Crippen LogP contribution in [-0.2, 0) is 0 Å². The average Bonchev–Trinajstić information content (AvgIpc) is 2.08. The third-order valence-corrected chi connectivity index (χ3v) is 1.79. The highest BCUT2D eigenvalue weighted by Gasteiger charge is 2.01. The molecular formula is C9H12FNO. The van der Waals surface area contributed by atoms with Crippen LogP contribution >= 0.6 is 0 Å². The van der Waals surface area contributed by atoms with Gasteiger partial charge in [-0.25, -0.2) is 4.39 Å². The lowest BCUT2D eigenvalue weighted by Crippen LogP contribution is -2.17. The Labute approximate surface area is 71.2 Å². The molecule has 0 saturated carbocycles. The summed E-state index contributed by atoms with van der Waals surface area (Å²) in [6.07, 6.45) is 0. The maximum Gasteiger partial charge on any atom is 0.126 e. The van der Waals surface area contributed by atoms with Crippen LogP contribution in [0.15, 0.2) is 18.2 Å². The Hall–Kier alpha value is -1.09. The SMILES string of the molecule is Cc1cc(N(C)CO)ccc1F. The van der Waals surface area contributed by atoms with Gasteiger partial charge in [-0.15, -0.1) is 0 Å². The average molecular weight is 169 g/mol. The van der Waals surface area contributed by atoms with Gasteiger partial charge in [0.25, 0.3) is 0 Å². The zero-order chi connectivity index (χ0) is 9.14. The lowest BCUT2D eigenvalue weighted by atomic mass is 10.2. The molecule has 1 rings (SSSR count). The molecule has 0 amide bonds. The van der Waals surface area contributed by atoms with Gasteiger partial charge < -0.3 is 10.0 Å². The molecule has 66 valence electrons. The highest BCUT2D eigenvalue weighted by molar-refractivity contribution is 5.47. The van der Waals surface area contributed by atoms with E-state index in [1.807, 2.05) is 0 Å². The van der Waals surface area contributed by atoms with Crippen LogP contribution in [0, 0.1) is 12.7 Å². The Bertz CT molecular complexity index is 275. The number of anilines is 1. The Morgan fingerprint density at radius 2 is 2.17 bits per heavy atom. The monoisotopic (exact) mass is 169 g/mol. The number of nitrogens with zero attached hydrogens (tertiary/aromatic N) is 1. The van der Waals surface area contributed by atoms with Crippen molar-refractivity contribution in [3.63, 3.8) is 0 Å². The second kappa shape index (κ2) is 3.54. The number of benzene rings is 1. The first kappa shape index (κ1) is 9.00. The van der Waals surface area contributed by atoms with E-state index in [-0.39, 0.29) is 12.5 Å². The van der Waals surface area contributed by atoms with E-state index in [9.17, 15) is 4.39 Å². The maximum atomic E-state index is 12.8. The molecule has 12 heavy (non-hydrogen) atoms. The minimum atomic E-state index is -0.218. The van der Waals surface area contributed by atoms with Gasteiger partial charge in [0.15, 0.2) is 0 Å². The number of hydrogen-bond acceptors (Lipinski definition) is 2. The van der Waals surface area contributed by atoms with E-state index in [4.69, 9.17) is 5.11 Å². The molecule has 1 aromatic carbocycles. The third-order valence-electron chi connectivity index (χ3n) is 1.79. The second-order valence-electron chi connectivity index (χ2n) is 2.77. The van der Waals surface area contributed by atoms with Crippen LogP contribution in [0.5, 0.6) is 0 Å². The van der Waals surface area contributed by atoms with Crippen LogP contribution in [0.4, 0.5) is 10.1 Å². The first-order chi connectivity index (χ1) is 5.65. The molecule has 1 N–H and O–H groups in total. The molecule has 0 aliphatic heterocycles. The molecular weight excluding hydrogens is 157 g/mol. The van der Waals surface area contributed by atoms with Crippen LogP contribution < -0.4 is 4.90 Å². The van der Waals surface area contributed by atoms with Crippen LogP contribution in [0.2, 0.25) is 0 Å². The Morgan fingerprint density at radius 3 is 2.67 bits per heavy atom. The molecule has 0 aliphatic rings. The van der Waals surface area contributed by atoms with Crippen molar-refractivity contribution in [2.24, 2.45) is 0 Å². The Kier molecular flexibility index (Phi) is 2.65. The van der Waals surface area contributed by atoms with Gasteiger partial charge in [0.1, 0.15) is 12.5 Å². The highest BCUT2D eigenvalue weighted by atomic mass is 19.1. The molecule has 3 heteroatoms. The number of halogens is 1. The zero-order valence-corrected chi connectivity index (χ0v) is 7.21. The van der Waals surface area contributed by atoms with Crippen molar-refractivity contribution in [3.05, 3.63) is 29.6 Å². The molecule has 0 fully saturated rings. The van der Waals surface area contributed by atoms with Crippen molar-refractivity contribution < 1.29 is 9.50 Å². The van der Waals surface area contributed by atoms with Crippen molar-refractivity contribution in [1.29, 1.82) is 0 Å². The summed E-state index contributed by atoms with van der Waals surface area (Å²) in [4.78, 5) is 1.63. The van der Waals surface area contributed by atoms with Gasteiger partial charge in [-0.1, -0.05) is 0 Å². The second-order valence-corrected chi connectivity index (χ2v) is 2.77. The van der Waals surface area contributed by atoms with E-state index < -0.39 is 0 Å². The summed E-state index contributed by atoms with van der Waals surface area (Å²) in [6, 6.07) is 4.74. The zero-order valence-electron chi connectivity index (χ0n) is 7.21. The minimum Gasteiger partial charge on any atom is -0.376 e. The molecule has 0 saturated heterocycles. The fourth-order valence-corrected chi connectivity index (χ4v) is 0.948. The predicted molar refractivity (Wildman–Crippen MR) is 46.6 cm³/mol. The van der Waals surface area contributed by atoms with Crippen molar-refractivity contribution in [3.8, 4) is 0 Å². The van der Waals surface area contributed by atoms with Crippen molar-refractivity contribution in [2.75, 3.05) is 18.7 Å². The molecule has 0 aliphatic carbocycles. The molecule has 1 aromatic rings. The van der Waals surface area contributed by atoms with E-state index in [1.54, 1.807) is 31.0 Å².